The number of aromatic nitrogens is 2. The van der Waals surface area contributed by atoms with Gasteiger partial charge in [0.05, 0.1) is 65.5 Å². The van der Waals surface area contributed by atoms with Crippen LogP contribution in [0.4, 0.5) is 5.13 Å². The highest BCUT2D eigenvalue weighted by molar-refractivity contribution is 7.09. The zero-order chi connectivity index (χ0) is 22.8. The lowest BCUT2D eigenvalue weighted by atomic mass is 9.98. The number of ether oxygens (including phenoxy) is 7. The van der Waals surface area contributed by atoms with E-state index < -0.39 is 5.79 Å². The molecule has 0 bridgehead atoms. The number of nitrogens with zero attached hydrogens (tertiary/aromatic N) is 2. The summed E-state index contributed by atoms with van der Waals surface area (Å²) >= 11 is 7.01. The summed E-state index contributed by atoms with van der Waals surface area (Å²) in [4.78, 5) is 4.14. The van der Waals surface area contributed by atoms with Crippen LogP contribution in [-0.2, 0) is 33.2 Å². The van der Waals surface area contributed by atoms with E-state index in [-0.39, 0.29) is 29.6 Å². The normalized spacial score (nSPS) is 26.9. The molecule has 4 atom stereocenters. The van der Waals surface area contributed by atoms with Crippen molar-refractivity contribution in [3.63, 3.8) is 0 Å². The number of halogens is 1. The summed E-state index contributed by atoms with van der Waals surface area (Å²) in [6, 6.07) is -0.133. The Balaban J connectivity index is 1.31. The highest BCUT2D eigenvalue weighted by atomic mass is 35.5. The zero-order valence-electron chi connectivity index (χ0n) is 18.5. The first-order valence-corrected chi connectivity index (χ1v) is 11.9. The van der Waals surface area contributed by atoms with E-state index in [2.05, 4.69) is 14.7 Å². The van der Waals surface area contributed by atoms with Gasteiger partial charge in [0, 0.05) is 18.1 Å². The van der Waals surface area contributed by atoms with E-state index in [0.717, 1.165) is 0 Å². The molecule has 2 aliphatic rings. The van der Waals surface area contributed by atoms with Crippen LogP contribution in [0.3, 0.4) is 0 Å². The summed E-state index contributed by atoms with van der Waals surface area (Å²) < 4.78 is 44.1. The van der Waals surface area contributed by atoms with Crippen molar-refractivity contribution in [3.05, 3.63) is 5.28 Å². The molecule has 2 aliphatic heterocycles. The molecule has 3 heterocycles. The van der Waals surface area contributed by atoms with Crippen molar-refractivity contribution in [2.45, 2.75) is 44.0 Å². The average Bonchev–Trinajstić information content (AvgIpc) is 3.31. The van der Waals surface area contributed by atoms with E-state index in [1.807, 2.05) is 13.8 Å². The number of rotatable bonds is 15. The second-order valence-corrected chi connectivity index (χ2v) is 8.85. The largest absolute Gasteiger partial charge is 0.378 e. The van der Waals surface area contributed by atoms with Crippen LogP contribution in [0.2, 0.25) is 5.28 Å². The van der Waals surface area contributed by atoms with Crippen LogP contribution in [-0.4, -0.2) is 106 Å². The van der Waals surface area contributed by atoms with Gasteiger partial charge in [-0.25, -0.2) is 0 Å². The van der Waals surface area contributed by atoms with Crippen molar-refractivity contribution in [1.82, 2.24) is 9.36 Å². The van der Waals surface area contributed by atoms with Gasteiger partial charge < -0.3 is 44.2 Å². The van der Waals surface area contributed by atoms with Gasteiger partial charge in [0.25, 0.3) is 0 Å². The maximum atomic E-state index is 6.14. The number of nitrogens with two attached hydrogens (primary N) is 1. The Morgan fingerprint density at radius 2 is 1.66 bits per heavy atom. The van der Waals surface area contributed by atoms with Crippen LogP contribution >= 0.6 is 23.1 Å². The predicted molar refractivity (Wildman–Crippen MR) is 118 cm³/mol. The second kappa shape index (κ2) is 13.3. The second-order valence-electron chi connectivity index (χ2n) is 7.76. The van der Waals surface area contributed by atoms with Crippen molar-refractivity contribution < 1.29 is 33.2 Å². The number of nitrogens with one attached hydrogen (secondary N) is 1. The fourth-order valence-corrected chi connectivity index (χ4v) is 4.24. The molecule has 0 spiro atoms. The Hall–Kier alpha value is -0.670. The maximum absolute atomic E-state index is 6.14. The first kappa shape index (κ1) is 25.9. The summed E-state index contributed by atoms with van der Waals surface area (Å²) in [6.07, 6.45) is -0.720. The van der Waals surface area contributed by atoms with Crippen LogP contribution < -0.4 is 11.1 Å². The molecule has 0 aromatic carbocycles. The molecule has 0 radical (unpaired) electrons. The van der Waals surface area contributed by atoms with Crippen molar-refractivity contribution >= 4 is 28.3 Å². The van der Waals surface area contributed by atoms with E-state index in [4.69, 9.17) is 50.5 Å². The van der Waals surface area contributed by atoms with Crippen LogP contribution in [0.25, 0.3) is 0 Å². The maximum Gasteiger partial charge on any atom is 0.236 e. The number of anilines is 1. The fourth-order valence-electron chi connectivity index (χ4n) is 3.46. The van der Waals surface area contributed by atoms with Gasteiger partial charge in [0.1, 0.15) is 18.3 Å². The summed E-state index contributed by atoms with van der Waals surface area (Å²) in [5.74, 6) is -0.710. The molecule has 3 rings (SSSR count). The Kier molecular flexibility index (Phi) is 10.8. The molecule has 0 amide bonds. The van der Waals surface area contributed by atoms with Crippen molar-refractivity contribution in [2.24, 2.45) is 5.73 Å². The van der Waals surface area contributed by atoms with Crippen molar-refractivity contribution in [2.75, 3.05) is 71.3 Å². The van der Waals surface area contributed by atoms with E-state index in [0.29, 0.717) is 71.1 Å². The zero-order valence-corrected chi connectivity index (χ0v) is 20.1. The third-order valence-corrected chi connectivity index (χ3v) is 5.70. The minimum absolute atomic E-state index is 0.133. The fraction of sp³-hybridized carbons (Fsp3) is 0.895. The molecule has 184 valence electrons. The molecule has 2 fully saturated rings. The molecule has 0 aliphatic carbocycles. The molecule has 13 heteroatoms. The lowest BCUT2D eigenvalue weighted by molar-refractivity contribution is -0.160. The molecule has 2 saturated heterocycles. The van der Waals surface area contributed by atoms with Crippen molar-refractivity contribution in [1.29, 1.82) is 0 Å². The summed E-state index contributed by atoms with van der Waals surface area (Å²) in [7, 11) is 0. The standard InChI is InChI=1S/C19H33ClN4O7S/c1-19(2)30-15-13(22-18-23-17(20)24-32-18)11-29-14(16(15)31-19)12-28-10-9-27-8-7-26-6-5-25-4-3-21/h13-16H,3-12,21H2,1-2H3,(H,22,23,24)/t13-,14-,15-,16+/m1/s1. The highest BCUT2D eigenvalue weighted by Gasteiger charge is 2.52. The number of fused-ring (bicyclic) bond motifs is 1. The van der Waals surface area contributed by atoms with Crippen LogP contribution in [0.1, 0.15) is 13.8 Å². The first-order valence-electron chi connectivity index (χ1n) is 10.7. The molecular formula is C19H33ClN4O7S. The van der Waals surface area contributed by atoms with E-state index in [9.17, 15) is 0 Å². The lowest BCUT2D eigenvalue weighted by Gasteiger charge is -2.37. The molecule has 0 unspecified atom stereocenters. The smallest absolute Gasteiger partial charge is 0.236 e. The third kappa shape index (κ3) is 8.28. The molecule has 11 nitrogen and oxygen atoms in total. The molecule has 0 saturated carbocycles. The van der Waals surface area contributed by atoms with Crippen molar-refractivity contribution in [3.8, 4) is 0 Å². The summed E-state index contributed by atoms with van der Waals surface area (Å²) in [5, 5.41) is 4.12. The molecular weight excluding hydrogens is 464 g/mol. The first-order chi connectivity index (χ1) is 15.5. The SMILES string of the molecule is CC1(C)O[C@@H]2[C@H](O1)[C@H](Nc1nc(Cl)ns1)CO[C@@H]2COCCOCCOCCOCCN. The van der Waals surface area contributed by atoms with Gasteiger partial charge in [-0.2, -0.15) is 9.36 Å². The van der Waals surface area contributed by atoms with E-state index in [1.54, 1.807) is 0 Å². The minimum Gasteiger partial charge on any atom is -0.378 e. The summed E-state index contributed by atoms with van der Waals surface area (Å²) in [5.41, 5.74) is 5.34. The van der Waals surface area contributed by atoms with Gasteiger partial charge in [0.15, 0.2) is 5.79 Å². The summed E-state index contributed by atoms with van der Waals surface area (Å²) in [6.45, 7) is 8.66. The molecule has 1 aromatic heterocycles. The number of hydrogen-bond acceptors (Lipinski definition) is 12. The highest BCUT2D eigenvalue weighted by Crippen LogP contribution is 2.36. The average molecular weight is 497 g/mol. The van der Waals surface area contributed by atoms with Crippen LogP contribution in [0, 0.1) is 0 Å². The topological polar surface area (TPSA) is 128 Å². The van der Waals surface area contributed by atoms with Crippen LogP contribution in [0.5, 0.6) is 0 Å². The Bertz CT molecular complexity index is 671. The monoisotopic (exact) mass is 496 g/mol. The Morgan fingerprint density at radius 1 is 1.03 bits per heavy atom. The van der Waals surface area contributed by atoms with E-state index in [1.165, 1.54) is 11.5 Å². The quantitative estimate of drug-likeness (QED) is 0.336. The van der Waals surface area contributed by atoms with Gasteiger partial charge in [0.2, 0.25) is 10.4 Å². The van der Waals surface area contributed by atoms with Gasteiger partial charge >= 0.3 is 0 Å². The molecule has 1 aromatic rings. The van der Waals surface area contributed by atoms with Gasteiger partial charge in [-0.15, -0.1) is 0 Å². The predicted octanol–water partition coefficient (Wildman–Crippen LogP) is 0.916. The molecule has 32 heavy (non-hydrogen) atoms. The van der Waals surface area contributed by atoms with E-state index >= 15 is 0 Å². The Morgan fingerprint density at radius 3 is 2.28 bits per heavy atom. The molecule has 3 N–H and O–H groups in total. The van der Waals surface area contributed by atoms with Gasteiger partial charge in [-0.3, -0.25) is 0 Å². The Labute approximate surface area is 197 Å². The van der Waals surface area contributed by atoms with Gasteiger partial charge in [-0.05, 0) is 25.4 Å². The number of hydrogen-bond donors (Lipinski definition) is 2. The van der Waals surface area contributed by atoms with Crippen LogP contribution in [0.15, 0.2) is 0 Å². The third-order valence-electron chi connectivity index (χ3n) is 4.79. The van der Waals surface area contributed by atoms with Gasteiger partial charge in [-0.1, -0.05) is 0 Å². The minimum atomic E-state index is -0.710. The lowest BCUT2D eigenvalue weighted by Crippen LogP contribution is -2.55.